The van der Waals surface area contributed by atoms with E-state index in [1.54, 1.807) is 0 Å². The maximum atomic E-state index is 12.7. The lowest BCUT2D eigenvalue weighted by Gasteiger charge is -2.35. The summed E-state index contributed by atoms with van der Waals surface area (Å²) in [6.45, 7) is 8.34. The highest BCUT2D eigenvalue weighted by Gasteiger charge is 2.18. The van der Waals surface area contributed by atoms with Gasteiger partial charge in [0.2, 0.25) is 5.91 Å². The number of carbonyl (C=O) groups is 1. The van der Waals surface area contributed by atoms with Crippen LogP contribution in [0.15, 0.2) is 42.5 Å². The van der Waals surface area contributed by atoms with E-state index < -0.39 is 0 Å². The van der Waals surface area contributed by atoms with Crippen LogP contribution in [0.25, 0.3) is 0 Å². The van der Waals surface area contributed by atoms with Gasteiger partial charge in [-0.25, -0.2) is 0 Å². The van der Waals surface area contributed by atoms with Gasteiger partial charge in [-0.05, 0) is 48.7 Å². The summed E-state index contributed by atoms with van der Waals surface area (Å²) in [5.74, 6) is 0.610. The zero-order chi connectivity index (χ0) is 20.1. The van der Waals surface area contributed by atoms with Crippen molar-refractivity contribution in [3.8, 4) is 0 Å². The molecule has 28 heavy (non-hydrogen) atoms. The summed E-state index contributed by atoms with van der Waals surface area (Å²) in [6.07, 6.45) is 1.42. The molecule has 150 valence electrons. The van der Waals surface area contributed by atoms with Gasteiger partial charge in [0, 0.05) is 31.2 Å². The van der Waals surface area contributed by atoms with E-state index in [0.29, 0.717) is 17.4 Å². The van der Waals surface area contributed by atoms with Crippen molar-refractivity contribution < 1.29 is 4.79 Å². The Morgan fingerprint density at radius 1 is 1.04 bits per heavy atom. The molecule has 0 bridgehead atoms. The highest BCUT2D eigenvalue weighted by atomic mass is 35.5. The highest BCUT2D eigenvalue weighted by molar-refractivity contribution is 6.31. The van der Waals surface area contributed by atoms with Crippen molar-refractivity contribution in [2.75, 3.05) is 43.4 Å². The second-order valence-electron chi connectivity index (χ2n) is 8.09. The zero-order valence-electron chi connectivity index (χ0n) is 17.0. The number of piperazine rings is 1. The quantitative estimate of drug-likeness (QED) is 0.778. The molecule has 0 unspecified atom stereocenters. The molecule has 0 aliphatic carbocycles. The van der Waals surface area contributed by atoms with E-state index in [1.165, 1.54) is 5.56 Å². The van der Waals surface area contributed by atoms with Crippen LogP contribution < -0.4 is 10.2 Å². The van der Waals surface area contributed by atoms with E-state index >= 15 is 0 Å². The van der Waals surface area contributed by atoms with Gasteiger partial charge in [0.15, 0.2) is 0 Å². The molecule has 1 amide bonds. The highest BCUT2D eigenvalue weighted by Crippen LogP contribution is 2.30. The van der Waals surface area contributed by atoms with Gasteiger partial charge in [-0.1, -0.05) is 49.7 Å². The normalized spacial score (nSPS) is 15.1. The summed E-state index contributed by atoms with van der Waals surface area (Å²) < 4.78 is 0. The van der Waals surface area contributed by atoms with E-state index in [2.05, 4.69) is 60.3 Å². The Morgan fingerprint density at radius 3 is 2.32 bits per heavy atom. The van der Waals surface area contributed by atoms with E-state index in [-0.39, 0.29) is 5.91 Å². The van der Waals surface area contributed by atoms with Gasteiger partial charge in [0.25, 0.3) is 0 Å². The molecule has 5 heteroatoms. The lowest BCUT2D eigenvalue weighted by atomic mass is 10.0. The van der Waals surface area contributed by atoms with Gasteiger partial charge in [-0.3, -0.25) is 4.79 Å². The van der Waals surface area contributed by atoms with Crippen LogP contribution in [0.2, 0.25) is 5.02 Å². The average Bonchev–Trinajstić information content (AvgIpc) is 2.64. The van der Waals surface area contributed by atoms with Crippen molar-refractivity contribution in [3.05, 3.63) is 58.6 Å². The molecule has 1 aliphatic heterocycles. The second kappa shape index (κ2) is 9.44. The Balaban J connectivity index is 1.67. The summed E-state index contributed by atoms with van der Waals surface area (Å²) in [5.41, 5.74) is 4.16. The van der Waals surface area contributed by atoms with Gasteiger partial charge in [-0.15, -0.1) is 0 Å². The Morgan fingerprint density at radius 2 is 1.68 bits per heavy atom. The number of hydrogen-bond acceptors (Lipinski definition) is 3. The molecule has 0 saturated carbocycles. The van der Waals surface area contributed by atoms with Crippen molar-refractivity contribution >= 4 is 28.9 Å². The van der Waals surface area contributed by atoms with Crippen molar-refractivity contribution in [2.24, 2.45) is 5.92 Å². The number of likely N-dealkylation sites (N-methyl/N-ethyl adjacent to an activating group) is 1. The summed E-state index contributed by atoms with van der Waals surface area (Å²) in [7, 11) is 2.13. The van der Waals surface area contributed by atoms with E-state index in [9.17, 15) is 4.79 Å². The summed E-state index contributed by atoms with van der Waals surface area (Å²) in [6, 6.07) is 14.1. The average molecular weight is 400 g/mol. The first kappa shape index (κ1) is 20.7. The van der Waals surface area contributed by atoms with Gasteiger partial charge in [-0.2, -0.15) is 0 Å². The molecule has 1 heterocycles. The van der Waals surface area contributed by atoms with Crippen molar-refractivity contribution in [1.29, 1.82) is 0 Å². The number of nitrogens with zero attached hydrogens (tertiary/aromatic N) is 2. The van der Waals surface area contributed by atoms with Crippen molar-refractivity contribution in [1.82, 2.24) is 4.90 Å². The molecule has 1 aliphatic rings. The monoisotopic (exact) mass is 399 g/mol. The third-order valence-electron chi connectivity index (χ3n) is 5.11. The molecule has 0 spiro atoms. The smallest absolute Gasteiger partial charge is 0.228 e. The number of halogens is 1. The van der Waals surface area contributed by atoms with Gasteiger partial charge in [0.1, 0.15) is 0 Å². The molecule has 1 fully saturated rings. The van der Waals surface area contributed by atoms with E-state index in [1.807, 2.05) is 18.2 Å². The van der Waals surface area contributed by atoms with Crippen LogP contribution in [0.4, 0.5) is 11.4 Å². The molecule has 4 nitrogen and oxygen atoms in total. The SMILES string of the molecule is CC(C)Cc1ccc(CC(=O)Nc2cc(Cl)ccc2N2CCN(C)CC2)cc1. The van der Waals surface area contributed by atoms with Crippen LogP contribution in [0.5, 0.6) is 0 Å². The predicted octanol–water partition coefficient (Wildman–Crippen LogP) is 4.47. The standard InChI is InChI=1S/C23H30ClN3O/c1-17(2)14-18-4-6-19(7-5-18)15-23(28)25-21-16-20(24)8-9-22(21)27-12-10-26(3)11-13-27/h4-9,16-17H,10-15H2,1-3H3,(H,25,28). The van der Waals surface area contributed by atoms with Crippen LogP contribution in [0, 0.1) is 5.92 Å². The second-order valence-corrected chi connectivity index (χ2v) is 8.53. The molecule has 0 atom stereocenters. The lowest BCUT2D eigenvalue weighted by Crippen LogP contribution is -2.44. The minimum atomic E-state index is -0.0192. The molecule has 2 aromatic carbocycles. The number of amides is 1. The number of nitrogens with one attached hydrogen (secondary N) is 1. The summed E-state index contributed by atoms with van der Waals surface area (Å²) in [5, 5.41) is 3.71. The Labute approximate surface area is 173 Å². The van der Waals surface area contributed by atoms with Gasteiger partial charge in [0.05, 0.1) is 17.8 Å². The fourth-order valence-corrected chi connectivity index (χ4v) is 3.75. The van der Waals surface area contributed by atoms with Crippen molar-refractivity contribution in [2.45, 2.75) is 26.7 Å². The summed E-state index contributed by atoms with van der Waals surface area (Å²) >= 11 is 6.20. The molecular formula is C23H30ClN3O. The lowest BCUT2D eigenvalue weighted by molar-refractivity contribution is -0.115. The molecule has 3 rings (SSSR count). The maximum absolute atomic E-state index is 12.7. The first-order valence-corrected chi connectivity index (χ1v) is 10.4. The minimum absolute atomic E-state index is 0.0192. The molecule has 0 radical (unpaired) electrons. The number of rotatable bonds is 6. The fraction of sp³-hybridized carbons (Fsp3) is 0.435. The number of hydrogen-bond donors (Lipinski definition) is 1. The Bertz CT molecular complexity index is 796. The largest absolute Gasteiger partial charge is 0.367 e. The van der Waals surface area contributed by atoms with Crippen LogP contribution in [0.1, 0.15) is 25.0 Å². The van der Waals surface area contributed by atoms with Crippen LogP contribution in [0.3, 0.4) is 0 Å². The zero-order valence-corrected chi connectivity index (χ0v) is 17.8. The Hall–Kier alpha value is -2.04. The van der Waals surface area contributed by atoms with E-state index in [0.717, 1.165) is 49.5 Å². The predicted molar refractivity (Wildman–Crippen MR) is 118 cm³/mol. The first-order valence-electron chi connectivity index (χ1n) is 10.0. The summed E-state index contributed by atoms with van der Waals surface area (Å²) in [4.78, 5) is 17.3. The van der Waals surface area contributed by atoms with Gasteiger partial charge < -0.3 is 15.1 Å². The number of benzene rings is 2. The number of carbonyl (C=O) groups excluding carboxylic acids is 1. The fourth-order valence-electron chi connectivity index (χ4n) is 3.58. The van der Waals surface area contributed by atoms with Crippen molar-refractivity contribution in [3.63, 3.8) is 0 Å². The third kappa shape index (κ3) is 5.73. The Kier molecular flexibility index (Phi) is 6.97. The molecular weight excluding hydrogens is 370 g/mol. The number of anilines is 2. The third-order valence-corrected chi connectivity index (χ3v) is 5.34. The topological polar surface area (TPSA) is 35.6 Å². The molecule has 1 saturated heterocycles. The van der Waals surface area contributed by atoms with Crippen LogP contribution >= 0.6 is 11.6 Å². The first-order chi connectivity index (χ1) is 13.4. The van der Waals surface area contributed by atoms with Crippen LogP contribution in [-0.2, 0) is 17.6 Å². The van der Waals surface area contributed by atoms with Gasteiger partial charge >= 0.3 is 0 Å². The maximum Gasteiger partial charge on any atom is 0.228 e. The molecule has 1 N–H and O–H groups in total. The molecule has 2 aromatic rings. The molecule has 0 aromatic heterocycles. The van der Waals surface area contributed by atoms with E-state index in [4.69, 9.17) is 11.6 Å². The van der Waals surface area contributed by atoms with Crippen LogP contribution in [-0.4, -0.2) is 44.0 Å². The minimum Gasteiger partial charge on any atom is -0.367 e.